The molecule has 1 atom stereocenters. The lowest BCUT2D eigenvalue weighted by Gasteiger charge is -2.31. The lowest BCUT2D eigenvalue weighted by molar-refractivity contribution is -0.259. The molecular formula is C11H10O3. The molecule has 1 aromatic carbocycles. The summed E-state index contributed by atoms with van der Waals surface area (Å²) in [6, 6.07) is 7.68. The van der Waals surface area contributed by atoms with Gasteiger partial charge in [0, 0.05) is 11.1 Å². The molecule has 2 aliphatic rings. The minimum atomic E-state index is -1.24. The fraction of sp³-hybridized carbons (Fsp3) is 0.273. The summed E-state index contributed by atoms with van der Waals surface area (Å²) in [6.45, 7) is 0.577. The third kappa shape index (κ3) is 0.917. The van der Waals surface area contributed by atoms with Crippen LogP contribution in [0.3, 0.4) is 0 Å². The zero-order valence-electron chi connectivity index (χ0n) is 7.56. The van der Waals surface area contributed by atoms with Gasteiger partial charge in [0.05, 0.1) is 6.61 Å². The molecule has 1 aliphatic heterocycles. The van der Waals surface area contributed by atoms with Gasteiger partial charge in [0.1, 0.15) is 0 Å². The average molecular weight is 190 g/mol. The Bertz CT molecular complexity index is 411. The Balaban J connectivity index is 2.18. The summed E-state index contributed by atoms with van der Waals surface area (Å²) in [6.07, 6.45) is 1.93. The van der Waals surface area contributed by atoms with Crippen LogP contribution in [-0.4, -0.2) is 18.5 Å². The molecule has 1 fully saturated rings. The summed E-state index contributed by atoms with van der Waals surface area (Å²) < 4.78 is 10.4. The van der Waals surface area contributed by atoms with E-state index in [1.54, 1.807) is 0 Å². The van der Waals surface area contributed by atoms with Crippen LogP contribution in [0.4, 0.5) is 0 Å². The summed E-state index contributed by atoms with van der Waals surface area (Å²) in [7, 11) is 0. The van der Waals surface area contributed by atoms with Crippen molar-refractivity contribution in [1.29, 1.82) is 0 Å². The minimum absolute atomic E-state index is 0.141. The third-order valence-corrected chi connectivity index (χ3v) is 2.70. The van der Waals surface area contributed by atoms with Crippen molar-refractivity contribution in [3.63, 3.8) is 0 Å². The van der Waals surface area contributed by atoms with Gasteiger partial charge in [0.15, 0.2) is 6.79 Å². The van der Waals surface area contributed by atoms with Gasteiger partial charge < -0.3 is 14.6 Å². The van der Waals surface area contributed by atoms with E-state index in [1.807, 2.05) is 30.3 Å². The van der Waals surface area contributed by atoms with Crippen molar-refractivity contribution in [1.82, 2.24) is 0 Å². The fourth-order valence-electron chi connectivity index (χ4n) is 1.98. The Labute approximate surface area is 81.6 Å². The predicted molar refractivity (Wildman–Crippen MR) is 50.2 cm³/mol. The van der Waals surface area contributed by atoms with E-state index in [9.17, 15) is 5.11 Å². The number of rotatable bonds is 0. The highest BCUT2D eigenvalue weighted by atomic mass is 16.7. The van der Waals surface area contributed by atoms with Crippen molar-refractivity contribution in [3.05, 3.63) is 41.0 Å². The molecule has 1 heterocycles. The van der Waals surface area contributed by atoms with E-state index in [-0.39, 0.29) is 6.79 Å². The Hall–Kier alpha value is -1.16. The topological polar surface area (TPSA) is 38.7 Å². The van der Waals surface area contributed by atoms with E-state index in [0.29, 0.717) is 6.61 Å². The van der Waals surface area contributed by atoms with Crippen LogP contribution in [0.5, 0.6) is 0 Å². The summed E-state index contributed by atoms with van der Waals surface area (Å²) >= 11 is 0. The second-order valence-corrected chi connectivity index (χ2v) is 3.51. The summed E-state index contributed by atoms with van der Waals surface area (Å²) in [5.41, 5.74) is 2.61. The standard InChI is InChI=1S/C11H10O3/c12-11-9(6-13-7-14-11)5-8-3-1-2-4-10(8)11/h1-5,12H,6-7H2. The van der Waals surface area contributed by atoms with Crippen LogP contribution in [0.1, 0.15) is 11.1 Å². The Kier molecular flexibility index (Phi) is 1.56. The highest BCUT2D eigenvalue weighted by molar-refractivity contribution is 5.67. The van der Waals surface area contributed by atoms with Crippen LogP contribution in [0.15, 0.2) is 29.8 Å². The number of ether oxygens (including phenoxy) is 2. The van der Waals surface area contributed by atoms with Gasteiger partial charge in [-0.25, -0.2) is 0 Å². The van der Waals surface area contributed by atoms with Gasteiger partial charge in [-0.1, -0.05) is 24.3 Å². The molecule has 0 radical (unpaired) electrons. The van der Waals surface area contributed by atoms with Crippen molar-refractivity contribution < 1.29 is 14.6 Å². The SMILES string of the molecule is OC12OCOCC1=Cc1ccccc12. The first-order valence-electron chi connectivity index (χ1n) is 4.55. The van der Waals surface area contributed by atoms with Crippen LogP contribution >= 0.6 is 0 Å². The van der Waals surface area contributed by atoms with Crippen molar-refractivity contribution in [2.75, 3.05) is 13.4 Å². The second-order valence-electron chi connectivity index (χ2n) is 3.51. The average Bonchev–Trinajstić information content (AvgIpc) is 2.51. The first-order chi connectivity index (χ1) is 6.81. The monoisotopic (exact) mass is 190 g/mol. The molecule has 14 heavy (non-hydrogen) atoms. The Morgan fingerprint density at radius 3 is 3.07 bits per heavy atom. The highest BCUT2D eigenvalue weighted by Gasteiger charge is 2.43. The largest absolute Gasteiger partial charge is 0.358 e. The number of benzene rings is 1. The van der Waals surface area contributed by atoms with Crippen LogP contribution < -0.4 is 0 Å². The van der Waals surface area contributed by atoms with Gasteiger partial charge in [-0.3, -0.25) is 0 Å². The van der Waals surface area contributed by atoms with Gasteiger partial charge in [0.2, 0.25) is 5.79 Å². The molecule has 0 saturated carbocycles. The van der Waals surface area contributed by atoms with Crippen molar-refractivity contribution in [2.24, 2.45) is 0 Å². The van der Waals surface area contributed by atoms with Crippen LogP contribution in [0, 0.1) is 0 Å². The lowest BCUT2D eigenvalue weighted by Crippen LogP contribution is -2.36. The second kappa shape index (κ2) is 2.67. The van der Waals surface area contributed by atoms with Crippen LogP contribution in [-0.2, 0) is 15.3 Å². The quantitative estimate of drug-likeness (QED) is 0.668. The van der Waals surface area contributed by atoms with Crippen LogP contribution in [0.25, 0.3) is 6.08 Å². The first-order valence-corrected chi connectivity index (χ1v) is 4.55. The molecule has 1 aromatic rings. The van der Waals surface area contributed by atoms with E-state index >= 15 is 0 Å². The van der Waals surface area contributed by atoms with Crippen molar-refractivity contribution in [3.8, 4) is 0 Å². The molecule has 72 valence electrons. The zero-order valence-corrected chi connectivity index (χ0v) is 7.56. The highest BCUT2D eigenvalue weighted by Crippen LogP contribution is 2.42. The normalized spacial score (nSPS) is 29.4. The van der Waals surface area contributed by atoms with Crippen molar-refractivity contribution in [2.45, 2.75) is 5.79 Å². The Morgan fingerprint density at radius 1 is 1.29 bits per heavy atom. The van der Waals surface area contributed by atoms with E-state index in [1.165, 1.54) is 0 Å². The molecule has 0 spiro atoms. The maximum absolute atomic E-state index is 10.3. The molecule has 3 rings (SSSR count). The molecule has 1 N–H and O–H groups in total. The number of hydrogen-bond acceptors (Lipinski definition) is 3. The molecule has 1 unspecified atom stereocenters. The summed E-state index contributed by atoms with van der Waals surface area (Å²) in [5, 5.41) is 10.3. The van der Waals surface area contributed by atoms with Crippen molar-refractivity contribution >= 4 is 6.08 Å². The molecule has 0 bridgehead atoms. The summed E-state index contributed by atoms with van der Waals surface area (Å²) in [4.78, 5) is 0. The molecule has 3 heteroatoms. The number of fused-ring (bicyclic) bond motifs is 3. The van der Waals surface area contributed by atoms with E-state index < -0.39 is 5.79 Å². The number of aliphatic hydroxyl groups is 1. The molecular weight excluding hydrogens is 180 g/mol. The Morgan fingerprint density at radius 2 is 2.14 bits per heavy atom. The van der Waals surface area contributed by atoms with Crippen LogP contribution in [0.2, 0.25) is 0 Å². The van der Waals surface area contributed by atoms with E-state index in [0.717, 1.165) is 16.7 Å². The summed E-state index contributed by atoms with van der Waals surface area (Å²) in [5.74, 6) is -1.24. The maximum Gasteiger partial charge on any atom is 0.221 e. The minimum Gasteiger partial charge on any atom is -0.358 e. The van der Waals surface area contributed by atoms with Gasteiger partial charge in [-0.15, -0.1) is 0 Å². The lowest BCUT2D eigenvalue weighted by atomic mass is 10.0. The van der Waals surface area contributed by atoms with Gasteiger partial charge in [-0.05, 0) is 11.6 Å². The molecule has 3 nitrogen and oxygen atoms in total. The smallest absolute Gasteiger partial charge is 0.221 e. The van der Waals surface area contributed by atoms with Gasteiger partial charge in [0.25, 0.3) is 0 Å². The van der Waals surface area contributed by atoms with E-state index in [4.69, 9.17) is 9.47 Å². The molecule has 0 aromatic heterocycles. The molecule has 1 saturated heterocycles. The zero-order chi connectivity index (χ0) is 9.60. The first kappa shape index (κ1) is 8.17. The van der Waals surface area contributed by atoms with Gasteiger partial charge in [-0.2, -0.15) is 0 Å². The number of hydrogen-bond donors (Lipinski definition) is 1. The van der Waals surface area contributed by atoms with E-state index in [2.05, 4.69) is 0 Å². The van der Waals surface area contributed by atoms with Gasteiger partial charge >= 0.3 is 0 Å². The third-order valence-electron chi connectivity index (χ3n) is 2.70. The molecule has 0 amide bonds. The fourth-order valence-corrected chi connectivity index (χ4v) is 1.98. The molecule has 1 aliphatic carbocycles. The predicted octanol–water partition coefficient (Wildman–Crippen LogP) is 1.23. The maximum atomic E-state index is 10.3.